The first-order valence-corrected chi connectivity index (χ1v) is 2.99. The largest absolute Gasteiger partial charge is 1.00 e. The van der Waals surface area contributed by atoms with Crippen molar-refractivity contribution in [2.45, 2.75) is 12.2 Å². The van der Waals surface area contributed by atoms with Gasteiger partial charge in [-0.15, -0.1) is 0 Å². The summed E-state index contributed by atoms with van der Waals surface area (Å²) in [5.74, 6) is 0. The van der Waals surface area contributed by atoms with Gasteiger partial charge in [-0.1, -0.05) is 0 Å². The van der Waals surface area contributed by atoms with Crippen molar-refractivity contribution in [1.82, 2.24) is 0 Å². The summed E-state index contributed by atoms with van der Waals surface area (Å²) in [6, 6.07) is 0. The van der Waals surface area contributed by atoms with Crippen molar-refractivity contribution in [3.8, 4) is 0 Å². The third kappa shape index (κ3) is 4.21. The summed E-state index contributed by atoms with van der Waals surface area (Å²) >= 11 is 0. The Bertz CT molecular complexity index is 169. The van der Waals surface area contributed by atoms with Crippen molar-refractivity contribution < 1.29 is 51.3 Å². The molecule has 0 unspecified atom stereocenters. The maximum absolute atomic E-state index is 11.3. The summed E-state index contributed by atoms with van der Waals surface area (Å²) in [5.41, 5.74) is 0. The van der Waals surface area contributed by atoms with Crippen LogP contribution in [0.5, 0.6) is 0 Å². The molecule has 0 aromatic heterocycles. The van der Waals surface area contributed by atoms with Gasteiger partial charge in [0.25, 0.3) is 0 Å². The van der Waals surface area contributed by atoms with E-state index < -0.39 is 15.4 Å². The standard InChI is InChI=1S/C2H4F2O3S.Na/c1-2(3,4)8(5,6)7;/h1H3,(H,5,6,7);/q;+1/p-1. The predicted octanol–water partition coefficient (Wildman–Crippen LogP) is -2.85. The van der Waals surface area contributed by atoms with Crippen molar-refractivity contribution in [3.63, 3.8) is 0 Å². The van der Waals surface area contributed by atoms with Gasteiger partial charge in [0.05, 0.1) is 0 Å². The fourth-order valence-electron chi connectivity index (χ4n) is 0. The first-order valence-electron chi connectivity index (χ1n) is 1.58. The Labute approximate surface area is 73.5 Å². The maximum atomic E-state index is 11.3. The molecule has 9 heavy (non-hydrogen) atoms. The Kier molecular flexibility index (Phi) is 4.49. The first-order chi connectivity index (χ1) is 3.25. The molecule has 0 saturated heterocycles. The van der Waals surface area contributed by atoms with Crippen LogP contribution in [0.3, 0.4) is 0 Å². The summed E-state index contributed by atoms with van der Waals surface area (Å²) in [4.78, 5) is 0. The van der Waals surface area contributed by atoms with E-state index in [9.17, 15) is 21.8 Å². The van der Waals surface area contributed by atoms with E-state index in [2.05, 4.69) is 0 Å². The molecule has 3 nitrogen and oxygen atoms in total. The molecule has 0 aliphatic carbocycles. The van der Waals surface area contributed by atoms with Crippen molar-refractivity contribution in [1.29, 1.82) is 0 Å². The Morgan fingerprint density at radius 3 is 1.56 bits per heavy atom. The maximum Gasteiger partial charge on any atom is 1.00 e. The molecule has 0 aromatic rings. The van der Waals surface area contributed by atoms with Gasteiger partial charge in [0, 0.05) is 6.92 Å². The third-order valence-electron chi connectivity index (χ3n) is 0.439. The Hall–Kier alpha value is 0.770. The van der Waals surface area contributed by atoms with Crippen molar-refractivity contribution in [2.75, 3.05) is 0 Å². The van der Waals surface area contributed by atoms with E-state index in [1.165, 1.54) is 0 Å². The summed E-state index contributed by atoms with van der Waals surface area (Å²) in [6.07, 6.45) is 0. The minimum Gasteiger partial charge on any atom is -0.743 e. The van der Waals surface area contributed by atoms with Gasteiger partial charge in [-0.2, -0.15) is 8.78 Å². The van der Waals surface area contributed by atoms with Crippen LogP contribution in [0.4, 0.5) is 8.78 Å². The van der Waals surface area contributed by atoms with Crippen LogP contribution in [-0.2, 0) is 10.1 Å². The molecule has 0 atom stereocenters. The average Bonchev–Trinajstić information content (AvgIpc) is 1.25. The van der Waals surface area contributed by atoms with Crippen LogP contribution in [-0.4, -0.2) is 18.2 Å². The number of halogens is 2. The molecule has 0 aliphatic heterocycles. The van der Waals surface area contributed by atoms with E-state index in [0.29, 0.717) is 0 Å². The van der Waals surface area contributed by atoms with E-state index in [4.69, 9.17) is 0 Å². The Morgan fingerprint density at radius 2 is 1.56 bits per heavy atom. The predicted molar refractivity (Wildman–Crippen MR) is 20.3 cm³/mol. The van der Waals surface area contributed by atoms with Crippen LogP contribution in [0.25, 0.3) is 0 Å². The number of hydrogen-bond donors (Lipinski definition) is 0. The SMILES string of the molecule is CC(F)(F)S(=O)(=O)[O-].[Na+]. The Morgan fingerprint density at radius 1 is 1.44 bits per heavy atom. The minimum atomic E-state index is -5.42. The molecule has 0 N–H and O–H groups in total. The van der Waals surface area contributed by atoms with Crippen LogP contribution < -0.4 is 29.6 Å². The third-order valence-corrected chi connectivity index (χ3v) is 1.32. The van der Waals surface area contributed by atoms with Gasteiger partial charge in [-0.05, 0) is 0 Å². The van der Waals surface area contributed by atoms with Crippen LogP contribution >= 0.6 is 0 Å². The van der Waals surface area contributed by atoms with Gasteiger partial charge < -0.3 is 4.55 Å². The quantitative estimate of drug-likeness (QED) is 0.313. The first kappa shape index (κ1) is 12.4. The molecule has 0 radical (unpaired) electrons. The van der Waals surface area contributed by atoms with Gasteiger partial charge >= 0.3 is 34.8 Å². The normalized spacial score (nSPS) is 12.4. The number of hydrogen-bond acceptors (Lipinski definition) is 3. The molecule has 0 heterocycles. The monoisotopic (exact) mass is 168 g/mol. The molecule has 0 aromatic carbocycles. The van der Waals surface area contributed by atoms with Crippen LogP contribution in [0.15, 0.2) is 0 Å². The van der Waals surface area contributed by atoms with E-state index in [1.54, 1.807) is 0 Å². The van der Waals surface area contributed by atoms with E-state index >= 15 is 0 Å². The van der Waals surface area contributed by atoms with Crippen LogP contribution in [0.1, 0.15) is 6.92 Å². The average molecular weight is 168 g/mol. The fourth-order valence-corrected chi connectivity index (χ4v) is 0. The second kappa shape index (κ2) is 3.25. The minimum absolute atomic E-state index is 0. The van der Waals surface area contributed by atoms with Gasteiger partial charge in [-0.3, -0.25) is 0 Å². The van der Waals surface area contributed by atoms with Crippen molar-refractivity contribution in [3.05, 3.63) is 0 Å². The van der Waals surface area contributed by atoms with Gasteiger partial charge in [-0.25, -0.2) is 8.42 Å². The zero-order valence-electron chi connectivity index (χ0n) is 4.89. The molecule has 50 valence electrons. The molecule has 0 amide bonds. The molecule has 0 spiro atoms. The van der Waals surface area contributed by atoms with E-state index in [1.807, 2.05) is 0 Å². The summed E-state index contributed by atoms with van der Waals surface area (Å²) in [7, 11) is -5.42. The van der Waals surface area contributed by atoms with Crippen molar-refractivity contribution in [2.24, 2.45) is 0 Å². The second-order valence-electron chi connectivity index (χ2n) is 1.26. The molecule has 0 saturated carbocycles. The van der Waals surface area contributed by atoms with Crippen LogP contribution in [0, 0.1) is 0 Å². The second-order valence-corrected chi connectivity index (χ2v) is 2.89. The summed E-state index contributed by atoms with van der Waals surface area (Å²) < 4.78 is 50.7. The van der Waals surface area contributed by atoms with E-state index in [0.717, 1.165) is 0 Å². The zero-order valence-corrected chi connectivity index (χ0v) is 7.71. The molecule has 0 fully saturated rings. The number of rotatable bonds is 1. The molecule has 7 heteroatoms. The molecule has 0 aliphatic rings. The van der Waals surface area contributed by atoms with Crippen LogP contribution in [0.2, 0.25) is 0 Å². The molecular formula is C2H3F2NaO3S. The summed E-state index contributed by atoms with van der Waals surface area (Å²) in [6.45, 7) is 0.0370. The van der Waals surface area contributed by atoms with Gasteiger partial charge in [0.1, 0.15) is 0 Å². The van der Waals surface area contributed by atoms with E-state index in [-0.39, 0.29) is 36.5 Å². The van der Waals surface area contributed by atoms with Gasteiger partial charge in [0.2, 0.25) is 0 Å². The number of alkyl halides is 2. The molecular weight excluding hydrogens is 165 g/mol. The van der Waals surface area contributed by atoms with Gasteiger partial charge in [0.15, 0.2) is 10.1 Å². The Balaban J connectivity index is 0. The summed E-state index contributed by atoms with van der Waals surface area (Å²) in [5, 5.41) is -4.15. The zero-order chi connectivity index (χ0) is 7.00. The van der Waals surface area contributed by atoms with Crippen molar-refractivity contribution >= 4 is 10.1 Å². The topological polar surface area (TPSA) is 57.2 Å². The molecule has 0 bridgehead atoms. The molecule has 0 rings (SSSR count). The fraction of sp³-hybridized carbons (Fsp3) is 1.00. The smallest absolute Gasteiger partial charge is 0.743 e.